The lowest BCUT2D eigenvalue weighted by atomic mass is 9.97. The fraction of sp³-hybridized carbons (Fsp3) is 0.125. The van der Waals surface area contributed by atoms with E-state index in [1.165, 1.54) is 38.5 Å². The molecule has 0 aromatic heterocycles. The molecule has 5 nitrogen and oxygen atoms in total. The minimum Gasteiger partial charge on any atom is -0.507 e. The second-order valence-corrected chi connectivity index (χ2v) is 4.25. The van der Waals surface area contributed by atoms with Crippen molar-refractivity contribution < 1.29 is 24.2 Å². The summed E-state index contributed by atoms with van der Waals surface area (Å²) < 4.78 is 9.63. The van der Waals surface area contributed by atoms with Crippen LogP contribution in [0.2, 0.25) is 0 Å². The normalized spacial score (nSPS) is 10.0. The molecule has 108 valence electrons. The molecule has 1 N–H and O–H groups in total. The van der Waals surface area contributed by atoms with E-state index in [-0.39, 0.29) is 22.4 Å². The molecule has 0 unspecified atom stereocenters. The van der Waals surface area contributed by atoms with Crippen molar-refractivity contribution in [3.05, 3.63) is 59.2 Å². The highest BCUT2D eigenvalue weighted by Crippen LogP contribution is 2.26. The van der Waals surface area contributed by atoms with Gasteiger partial charge in [0.15, 0.2) is 5.78 Å². The molecule has 0 spiro atoms. The Morgan fingerprint density at radius 1 is 0.952 bits per heavy atom. The molecule has 0 heterocycles. The molecule has 5 heteroatoms. The van der Waals surface area contributed by atoms with Crippen molar-refractivity contribution in [1.29, 1.82) is 0 Å². The predicted molar refractivity (Wildman–Crippen MR) is 75.9 cm³/mol. The number of rotatable bonds is 4. The summed E-state index contributed by atoms with van der Waals surface area (Å²) in [5.74, 6) is -0.840. The van der Waals surface area contributed by atoms with Crippen LogP contribution in [-0.4, -0.2) is 31.1 Å². The van der Waals surface area contributed by atoms with Gasteiger partial charge < -0.3 is 14.6 Å². The van der Waals surface area contributed by atoms with Gasteiger partial charge in [0, 0.05) is 11.6 Å². The van der Waals surface area contributed by atoms with Crippen LogP contribution < -0.4 is 4.74 Å². The van der Waals surface area contributed by atoms with Crippen LogP contribution in [0.5, 0.6) is 11.5 Å². The Hall–Kier alpha value is -2.82. The number of phenolic OH excluding ortho intramolecular Hbond substituents is 1. The zero-order valence-corrected chi connectivity index (χ0v) is 11.6. The monoisotopic (exact) mass is 286 g/mol. The van der Waals surface area contributed by atoms with E-state index in [0.717, 1.165) is 0 Å². The average Bonchev–Trinajstić information content (AvgIpc) is 2.53. The Labute approximate surface area is 121 Å². The molecule has 0 saturated carbocycles. The summed E-state index contributed by atoms with van der Waals surface area (Å²) in [4.78, 5) is 24.2. The van der Waals surface area contributed by atoms with E-state index in [0.29, 0.717) is 5.75 Å². The number of phenols is 1. The largest absolute Gasteiger partial charge is 0.507 e. The third-order valence-corrected chi connectivity index (χ3v) is 3.03. The molecule has 2 rings (SSSR count). The highest BCUT2D eigenvalue weighted by Gasteiger charge is 2.20. The van der Waals surface area contributed by atoms with E-state index in [1.807, 2.05) is 0 Å². The summed E-state index contributed by atoms with van der Waals surface area (Å²) >= 11 is 0. The zero-order valence-electron chi connectivity index (χ0n) is 11.6. The van der Waals surface area contributed by atoms with Gasteiger partial charge in [0.2, 0.25) is 0 Å². The van der Waals surface area contributed by atoms with E-state index < -0.39 is 11.8 Å². The van der Waals surface area contributed by atoms with Gasteiger partial charge in [0.1, 0.15) is 11.5 Å². The van der Waals surface area contributed by atoms with Crippen LogP contribution >= 0.6 is 0 Å². The van der Waals surface area contributed by atoms with Gasteiger partial charge in [-0.3, -0.25) is 4.79 Å². The first kappa shape index (κ1) is 14.6. The van der Waals surface area contributed by atoms with Crippen molar-refractivity contribution in [2.75, 3.05) is 14.2 Å². The van der Waals surface area contributed by atoms with Crippen LogP contribution in [0, 0.1) is 0 Å². The van der Waals surface area contributed by atoms with E-state index in [9.17, 15) is 14.7 Å². The van der Waals surface area contributed by atoms with Crippen LogP contribution in [0.3, 0.4) is 0 Å². The number of methoxy groups -OCH3 is 2. The molecule has 0 aliphatic rings. The Kier molecular flexibility index (Phi) is 4.23. The number of benzene rings is 2. The van der Waals surface area contributed by atoms with Crippen LogP contribution in [0.15, 0.2) is 42.5 Å². The lowest BCUT2D eigenvalue weighted by molar-refractivity contribution is 0.0597. The molecule has 21 heavy (non-hydrogen) atoms. The van der Waals surface area contributed by atoms with Crippen LogP contribution in [0.4, 0.5) is 0 Å². The minimum absolute atomic E-state index is 0.0900. The van der Waals surface area contributed by atoms with E-state index >= 15 is 0 Å². The maximum Gasteiger partial charge on any atom is 0.338 e. The molecule has 2 aromatic rings. The second-order valence-electron chi connectivity index (χ2n) is 4.25. The van der Waals surface area contributed by atoms with Gasteiger partial charge >= 0.3 is 5.97 Å². The molecule has 0 amide bonds. The Morgan fingerprint density at radius 3 is 2.19 bits per heavy atom. The Balaban J connectivity index is 2.48. The quantitative estimate of drug-likeness (QED) is 0.690. The van der Waals surface area contributed by atoms with Crippen molar-refractivity contribution in [3.8, 4) is 11.5 Å². The molecule has 0 saturated heterocycles. The third-order valence-electron chi connectivity index (χ3n) is 3.03. The summed E-state index contributed by atoms with van der Waals surface area (Å²) in [6.45, 7) is 0. The predicted octanol–water partition coefficient (Wildman–Crippen LogP) is 2.42. The SMILES string of the molecule is COC(=O)c1ccccc1C(=O)c1ccc(OC)cc1O. The molecule has 0 bridgehead atoms. The van der Waals surface area contributed by atoms with Gasteiger partial charge in [-0.05, 0) is 18.2 Å². The maximum absolute atomic E-state index is 12.5. The van der Waals surface area contributed by atoms with E-state index in [4.69, 9.17) is 4.74 Å². The molecule has 0 atom stereocenters. The third kappa shape index (κ3) is 2.86. The Morgan fingerprint density at radius 2 is 1.62 bits per heavy atom. The van der Waals surface area contributed by atoms with Crippen LogP contribution in [0.25, 0.3) is 0 Å². The topological polar surface area (TPSA) is 72.8 Å². The first-order valence-corrected chi connectivity index (χ1v) is 6.17. The number of ketones is 1. The molecule has 0 fully saturated rings. The summed E-state index contributed by atoms with van der Waals surface area (Å²) in [6, 6.07) is 10.6. The van der Waals surface area contributed by atoms with Crippen molar-refractivity contribution in [3.63, 3.8) is 0 Å². The molecule has 0 aliphatic heterocycles. The summed E-state index contributed by atoms with van der Waals surface area (Å²) in [6.07, 6.45) is 0. The van der Waals surface area contributed by atoms with E-state index in [2.05, 4.69) is 4.74 Å². The smallest absolute Gasteiger partial charge is 0.338 e. The van der Waals surface area contributed by atoms with Crippen molar-refractivity contribution in [2.24, 2.45) is 0 Å². The van der Waals surface area contributed by atoms with Gasteiger partial charge in [-0.25, -0.2) is 4.79 Å². The van der Waals surface area contributed by atoms with Crippen LogP contribution in [-0.2, 0) is 4.74 Å². The molecular formula is C16H14O5. The molecular weight excluding hydrogens is 272 g/mol. The first-order valence-electron chi connectivity index (χ1n) is 6.17. The Bertz CT molecular complexity index is 691. The van der Waals surface area contributed by atoms with Gasteiger partial charge in [-0.1, -0.05) is 18.2 Å². The number of hydrogen-bond acceptors (Lipinski definition) is 5. The van der Waals surface area contributed by atoms with Crippen molar-refractivity contribution in [2.45, 2.75) is 0 Å². The van der Waals surface area contributed by atoms with Gasteiger partial charge in [0.25, 0.3) is 0 Å². The number of hydrogen-bond donors (Lipinski definition) is 1. The van der Waals surface area contributed by atoms with Crippen molar-refractivity contribution >= 4 is 11.8 Å². The molecule has 0 aliphatic carbocycles. The van der Waals surface area contributed by atoms with Gasteiger partial charge in [-0.15, -0.1) is 0 Å². The highest BCUT2D eigenvalue weighted by atomic mass is 16.5. The fourth-order valence-electron chi connectivity index (χ4n) is 1.94. The maximum atomic E-state index is 12.5. The number of carbonyl (C=O) groups is 2. The highest BCUT2D eigenvalue weighted by molar-refractivity contribution is 6.15. The number of ether oxygens (including phenoxy) is 2. The first-order chi connectivity index (χ1) is 10.1. The lowest BCUT2D eigenvalue weighted by Crippen LogP contribution is -2.11. The van der Waals surface area contributed by atoms with Gasteiger partial charge in [-0.2, -0.15) is 0 Å². The number of carbonyl (C=O) groups excluding carboxylic acids is 2. The second kappa shape index (κ2) is 6.09. The summed E-state index contributed by atoms with van der Waals surface area (Å²) in [7, 11) is 2.71. The standard InChI is InChI=1S/C16H14O5/c1-20-10-7-8-13(14(17)9-10)15(18)11-5-3-4-6-12(11)16(19)21-2/h3-9,17H,1-2H3. The average molecular weight is 286 g/mol. The molecule has 2 aromatic carbocycles. The molecule has 0 radical (unpaired) electrons. The minimum atomic E-state index is -0.605. The van der Waals surface area contributed by atoms with E-state index in [1.54, 1.807) is 18.2 Å². The lowest BCUT2D eigenvalue weighted by Gasteiger charge is -2.09. The van der Waals surface area contributed by atoms with Crippen molar-refractivity contribution in [1.82, 2.24) is 0 Å². The zero-order chi connectivity index (χ0) is 15.4. The summed E-state index contributed by atoms with van der Waals surface area (Å²) in [5, 5.41) is 9.92. The summed E-state index contributed by atoms with van der Waals surface area (Å²) in [5.41, 5.74) is 0.414. The van der Waals surface area contributed by atoms with Crippen LogP contribution in [0.1, 0.15) is 26.3 Å². The fourth-order valence-corrected chi connectivity index (χ4v) is 1.94. The number of esters is 1. The number of aromatic hydroxyl groups is 1. The van der Waals surface area contributed by atoms with Gasteiger partial charge in [0.05, 0.1) is 25.3 Å².